The first kappa shape index (κ1) is 6.66. The Hall–Kier alpha value is -0.0400. The molecule has 0 amide bonds. The highest BCUT2D eigenvalue weighted by Gasteiger charge is 2.59. The maximum absolute atomic E-state index is 3.46. The van der Waals surface area contributed by atoms with Gasteiger partial charge in [-0.15, -0.1) is 0 Å². The van der Waals surface area contributed by atoms with E-state index in [4.69, 9.17) is 0 Å². The van der Waals surface area contributed by atoms with Crippen LogP contribution in [-0.4, -0.2) is 13.1 Å². The van der Waals surface area contributed by atoms with Crippen molar-refractivity contribution in [2.75, 3.05) is 7.05 Å². The summed E-state index contributed by atoms with van der Waals surface area (Å²) >= 11 is 0. The van der Waals surface area contributed by atoms with E-state index in [0.29, 0.717) is 0 Å². The van der Waals surface area contributed by atoms with E-state index in [0.717, 1.165) is 17.4 Å². The first-order valence-corrected chi connectivity index (χ1v) is 4.49. The van der Waals surface area contributed by atoms with Crippen LogP contribution < -0.4 is 5.32 Å². The van der Waals surface area contributed by atoms with Crippen molar-refractivity contribution in [2.24, 2.45) is 11.3 Å². The molecule has 2 fully saturated rings. The van der Waals surface area contributed by atoms with Crippen LogP contribution in [0.25, 0.3) is 0 Å². The van der Waals surface area contributed by atoms with Crippen molar-refractivity contribution in [3.8, 4) is 0 Å². The Morgan fingerprint density at radius 3 is 2.60 bits per heavy atom. The SMILES string of the molecule is CCC1CC2(CC2)C1NC. The number of rotatable bonds is 2. The Bertz CT molecular complexity index is 138. The molecule has 2 saturated carbocycles. The molecular weight excluding hydrogens is 122 g/mol. The average molecular weight is 139 g/mol. The van der Waals surface area contributed by atoms with Crippen molar-refractivity contribution in [3.05, 3.63) is 0 Å². The van der Waals surface area contributed by atoms with E-state index in [-0.39, 0.29) is 0 Å². The molecule has 1 nitrogen and oxygen atoms in total. The Morgan fingerprint density at radius 2 is 2.20 bits per heavy atom. The predicted octanol–water partition coefficient (Wildman–Crippen LogP) is 1.78. The molecule has 2 aliphatic carbocycles. The van der Waals surface area contributed by atoms with Crippen molar-refractivity contribution in [3.63, 3.8) is 0 Å². The minimum Gasteiger partial charge on any atom is -0.316 e. The van der Waals surface area contributed by atoms with Crippen LogP contribution in [0.4, 0.5) is 0 Å². The average Bonchev–Trinajstić information content (AvgIpc) is 2.64. The molecule has 2 aliphatic rings. The van der Waals surface area contributed by atoms with Gasteiger partial charge >= 0.3 is 0 Å². The lowest BCUT2D eigenvalue weighted by Crippen LogP contribution is -2.51. The lowest BCUT2D eigenvalue weighted by Gasteiger charge is -2.45. The summed E-state index contributed by atoms with van der Waals surface area (Å²) < 4.78 is 0. The Labute approximate surface area is 63.2 Å². The molecule has 0 aliphatic heterocycles. The van der Waals surface area contributed by atoms with Crippen LogP contribution in [0.3, 0.4) is 0 Å². The fraction of sp³-hybridized carbons (Fsp3) is 1.00. The van der Waals surface area contributed by atoms with E-state index in [1.807, 2.05) is 0 Å². The fourth-order valence-corrected chi connectivity index (χ4v) is 2.70. The highest BCUT2D eigenvalue weighted by atomic mass is 15.0. The topological polar surface area (TPSA) is 12.0 Å². The van der Waals surface area contributed by atoms with Crippen molar-refractivity contribution in [2.45, 2.75) is 38.6 Å². The second kappa shape index (κ2) is 1.97. The van der Waals surface area contributed by atoms with Crippen molar-refractivity contribution < 1.29 is 0 Å². The first-order chi connectivity index (χ1) is 4.82. The van der Waals surface area contributed by atoms with Gasteiger partial charge in [-0.3, -0.25) is 0 Å². The number of hydrogen-bond acceptors (Lipinski definition) is 1. The van der Waals surface area contributed by atoms with Gasteiger partial charge in [-0.25, -0.2) is 0 Å². The van der Waals surface area contributed by atoms with Gasteiger partial charge in [0.1, 0.15) is 0 Å². The van der Waals surface area contributed by atoms with Crippen LogP contribution in [0, 0.1) is 11.3 Å². The monoisotopic (exact) mass is 139 g/mol. The largest absolute Gasteiger partial charge is 0.316 e. The van der Waals surface area contributed by atoms with Gasteiger partial charge in [0, 0.05) is 6.04 Å². The smallest absolute Gasteiger partial charge is 0.0149 e. The Balaban J connectivity index is 1.96. The summed E-state index contributed by atoms with van der Waals surface area (Å²) in [7, 11) is 2.12. The van der Waals surface area contributed by atoms with E-state index >= 15 is 0 Å². The van der Waals surface area contributed by atoms with Gasteiger partial charge in [0.25, 0.3) is 0 Å². The molecule has 2 unspecified atom stereocenters. The second-order valence-corrected chi connectivity index (χ2v) is 4.00. The molecule has 0 radical (unpaired) electrons. The minimum absolute atomic E-state index is 0.801. The Morgan fingerprint density at radius 1 is 1.50 bits per heavy atom. The van der Waals surface area contributed by atoms with Crippen LogP contribution in [-0.2, 0) is 0 Å². The van der Waals surface area contributed by atoms with Crippen molar-refractivity contribution >= 4 is 0 Å². The zero-order valence-corrected chi connectivity index (χ0v) is 6.98. The first-order valence-electron chi connectivity index (χ1n) is 4.49. The zero-order chi connectivity index (χ0) is 7.19. The van der Waals surface area contributed by atoms with Gasteiger partial charge < -0.3 is 5.32 Å². The summed E-state index contributed by atoms with van der Waals surface area (Å²) in [6.45, 7) is 2.31. The molecule has 2 atom stereocenters. The molecule has 10 heavy (non-hydrogen) atoms. The predicted molar refractivity (Wildman–Crippen MR) is 42.9 cm³/mol. The van der Waals surface area contributed by atoms with Crippen LogP contribution in [0.15, 0.2) is 0 Å². The molecular formula is C9H17N. The quantitative estimate of drug-likeness (QED) is 0.615. The molecule has 2 rings (SSSR count). The minimum atomic E-state index is 0.801. The van der Waals surface area contributed by atoms with E-state index in [9.17, 15) is 0 Å². The third kappa shape index (κ3) is 0.672. The van der Waals surface area contributed by atoms with E-state index < -0.39 is 0 Å². The summed E-state index contributed by atoms with van der Waals surface area (Å²) in [5.41, 5.74) is 0.801. The van der Waals surface area contributed by atoms with Gasteiger partial charge in [-0.05, 0) is 37.6 Å². The van der Waals surface area contributed by atoms with Gasteiger partial charge in [-0.1, -0.05) is 13.3 Å². The Kier molecular flexibility index (Phi) is 1.31. The van der Waals surface area contributed by atoms with Crippen LogP contribution in [0.5, 0.6) is 0 Å². The molecule has 1 heteroatoms. The molecule has 0 heterocycles. The maximum atomic E-state index is 3.46. The third-order valence-corrected chi connectivity index (χ3v) is 3.53. The molecule has 58 valence electrons. The molecule has 0 bridgehead atoms. The summed E-state index contributed by atoms with van der Waals surface area (Å²) in [6, 6.07) is 0.873. The lowest BCUT2D eigenvalue weighted by molar-refractivity contribution is 0.0900. The molecule has 0 saturated heterocycles. The molecule has 0 aromatic rings. The van der Waals surface area contributed by atoms with Gasteiger partial charge in [0.2, 0.25) is 0 Å². The fourth-order valence-electron chi connectivity index (χ4n) is 2.70. The molecule has 0 aromatic heterocycles. The molecule has 1 spiro atoms. The lowest BCUT2D eigenvalue weighted by atomic mass is 9.66. The van der Waals surface area contributed by atoms with Gasteiger partial charge in [0.05, 0.1) is 0 Å². The summed E-state index contributed by atoms with van der Waals surface area (Å²) in [4.78, 5) is 0. The third-order valence-electron chi connectivity index (χ3n) is 3.53. The van der Waals surface area contributed by atoms with E-state index in [1.165, 1.54) is 25.7 Å². The van der Waals surface area contributed by atoms with Crippen LogP contribution in [0.1, 0.15) is 32.6 Å². The van der Waals surface area contributed by atoms with Crippen molar-refractivity contribution in [1.82, 2.24) is 5.32 Å². The molecule has 1 N–H and O–H groups in total. The summed E-state index contributed by atoms with van der Waals surface area (Å²) in [5.74, 6) is 0.993. The highest BCUT2D eigenvalue weighted by Crippen LogP contribution is 2.63. The van der Waals surface area contributed by atoms with Gasteiger partial charge in [0.15, 0.2) is 0 Å². The second-order valence-electron chi connectivity index (χ2n) is 4.00. The van der Waals surface area contributed by atoms with E-state index in [1.54, 1.807) is 0 Å². The van der Waals surface area contributed by atoms with E-state index in [2.05, 4.69) is 19.3 Å². The number of nitrogens with one attached hydrogen (secondary N) is 1. The molecule has 0 aromatic carbocycles. The standard InChI is InChI=1S/C9H17N/c1-3-7-6-9(4-5-9)8(7)10-2/h7-8,10H,3-6H2,1-2H3. The summed E-state index contributed by atoms with van der Waals surface area (Å²) in [5, 5.41) is 3.46. The van der Waals surface area contributed by atoms with Gasteiger partial charge in [-0.2, -0.15) is 0 Å². The highest BCUT2D eigenvalue weighted by molar-refractivity contribution is 5.13. The van der Waals surface area contributed by atoms with Crippen LogP contribution in [0.2, 0.25) is 0 Å². The van der Waals surface area contributed by atoms with Crippen LogP contribution >= 0.6 is 0 Å². The normalized spacial score (nSPS) is 41.4. The summed E-state index contributed by atoms with van der Waals surface area (Å²) in [6.07, 6.45) is 5.87. The number of hydrogen-bond donors (Lipinski definition) is 1. The zero-order valence-electron chi connectivity index (χ0n) is 6.98. The van der Waals surface area contributed by atoms with Crippen molar-refractivity contribution in [1.29, 1.82) is 0 Å². The maximum Gasteiger partial charge on any atom is 0.0149 e.